The summed E-state index contributed by atoms with van der Waals surface area (Å²) in [4.78, 5) is 10.4. The van der Waals surface area contributed by atoms with Gasteiger partial charge in [0.1, 0.15) is 11.3 Å². The summed E-state index contributed by atoms with van der Waals surface area (Å²) in [5.74, 6) is 1.69. The second-order valence-electron chi connectivity index (χ2n) is 6.85. The lowest BCUT2D eigenvalue weighted by Gasteiger charge is -2.33. The van der Waals surface area contributed by atoms with Gasteiger partial charge < -0.3 is 14.1 Å². The summed E-state index contributed by atoms with van der Waals surface area (Å²) < 4.78 is 7.39. The summed E-state index contributed by atoms with van der Waals surface area (Å²) in [6, 6.07) is 16.5. The van der Waals surface area contributed by atoms with Gasteiger partial charge in [0, 0.05) is 25.0 Å². The Hall–Kier alpha value is -3.05. The summed E-state index contributed by atoms with van der Waals surface area (Å²) in [6.45, 7) is 2.77. The molecule has 0 amide bonds. The molecule has 1 atom stereocenters. The Balaban J connectivity index is 1.81. The van der Waals surface area contributed by atoms with Gasteiger partial charge >= 0.3 is 0 Å². The fourth-order valence-corrected chi connectivity index (χ4v) is 3.54. The summed E-state index contributed by atoms with van der Waals surface area (Å²) in [5.41, 5.74) is 2.95. The first-order valence-electron chi connectivity index (χ1n) is 8.93. The van der Waals surface area contributed by atoms with Gasteiger partial charge in [0.2, 0.25) is 0 Å². The van der Waals surface area contributed by atoms with Crippen molar-refractivity contribution < 1.29 is 9.57 Å². The van der Waals surface area contributed by atoms with Crippen molar-refractivity contribution in [1.29, 1.82) is 0 Å². The molecule has 1 aromatic heterocycles. The Kier molecular flexibility index (Phi) is 4.46. The monoisotopic (exact) mass is 361 g/mol. The Morgan fingerprint density at radius 3 is 2.63 bits per heavy atom. The van der Waals surface area contributed by atoms with Crippen LogP contribution in [0.2, 0.25) is 0 Å². The number of hydrogen-bond acceptors (Lipinski definition) is 4. The minimum atomic E-state index is -0.452. The molecule has 1 aliphatic rings. The second-order valence-corrected chi connectivity index (χ2v) is 6.85. The van der Waals surface area contributed by atoms with Crippen LogP contribution < -0.4 is 4.74 Å². The first-order chi connectivity index (χ1) is 13.1. The Morgan fingerprint density at radius 1 is 1.15 bits per heavy atom. The maximum absolute atomic E-state index is 6.21. The van der Waals surface area contributed by atoms with Crippen LogP contribution >= 0.6 is 0 Å². The average molecular weight is 361 g/mol. The zero-order valence-electron chi connectivity index (χ0n) is 15.8. The molecule has 0 spiro atoms. The average Bonchev–Trinajstić information content (AvgIpc) is 3.31. The van der Waals surface area contributed by atoms with Crippen molar-refractivity contribution in [1.82, 2.24) is 14.6 Å². The van der Waals surface area contributed by atoms with Crippen LogP contribution in [0.25, 0.3) is 5.76 Å². The number of hydroxylamine groups is 2. The molecular formula is C22H23N3O2. The molecule has 0 saturated heterocycles. The van der Waals surface area contributed by atoms with Crippen LogP contribution in [0.4, 0.5) is 0 Å². The van der Waals surface area contributed by atoms with Crippen LogP contribution in [-0.4, -0.2) is 28.8 Å². The standard InChI is InChI=1S/C22H23N3O2/c1-17-5-4-6-18(13-17)21-14-22(24(2)27-21,15-25-12-11-23-16-25)19-7-9-20(26-3)10-8-19/h4-14,16H,15H2,1-3H3. The lowest BCUT2D eigenvalue weighted by Crippen LogP contribution is -2.41. The largest absolute Gasteiger partial charge is 0.497 e. The van der Waals surface area contributed by atoms with E-state index < -0.39 is 5.54 Å². The number of nitrogens with zero attached hydrogens (tertiary/aromatic N) is 3. The molecule has 2 aromatic carbocycles. The third-order valence-electron chi connectivity index (χ3n) is 5.04. The zero-order chi connectivity index (χ0) is 18.9. The van der Waals surface area contributed by atoms with Gasteiger partial charge in [-0.15, -0.1) is 5.06 Å². The van der Waals surface area contributed by atoms with E-state index in [4.69, 9.17) is 9.57 Å². The lowest BCUT2D eigenvalue weighted by atomic mass is 9.88. The molecule has 0 aliphatic carbocycles. The van der Waals surface area contributed by atoms with Gasteiger partial charge in [-0.3, -0.25) is 0 Å². The van der Waals surface area contributed by atoms with E-state index in [1.54, 1.807) is 13.3 Å². The zero-order valence-corrected chi connectivity index (χ0v) is 15.8. The molecule has 4 rings (SSSR count). The molecule has 5 heteroatoms. The van der Waals surface area contributed by atoms with E-state index in [9.17, 15) is 0 Å². The predicted molar refractivity (Wildman–Crippen MR) is 105 cm³/mol. The van der Waals surface area contributed by atoms with Crippen molar-refractivity contribution in [2.45, 2.75) is 19.0 Å². The Bertz CT molecular complexity index is 948. The van der Waals surface area contributed by atoms with Crippen LogP contribution in [0.1, 0.15) is 16.7 Å². The van der Waals surface area contributed by atoms with Crippen LogP contribution in [0.15, 0.2) is 73.3 Å². The minimum absolute atomic E-state index is 0.452. The summed E-state index contributed by atoms with van der Waals surface area (Å²) in [7, 11) is 3.65. The van der Waals surface area contributed by atoms with Crippen LogP contribution in [0.5, 0.6) is 5.75 Å². The van der Waals surface area contributed by atoms with Gasteiger partial charge in [-0.25, -0.2) is 4.98 Å². The SMILES string of the molecule is COc1ccc(C2(Cn3ccnc3)C=C(c3cccc(C)c3)ON2C)cc1. The molecule has 0 fully saturated rings. The molecule has 27 heavy (non-hydrogen) atoms. The molecule has 2 heterocycles. The summed E-state index contributed by atoms with van der Waals surface area (Å²) in [6.07, 6.45) is 7.79. The molecule has 138 valence electrons. The number of methoxy groups -OCH3 is 1. The van der Waals surface area contributed by atoms with Gasteiger partial charge in [0.15, 0.2) is 5.76 Å². The quantitative estimate of drug-likeness (QED) is 0.688. The number of hydrogen-bond donors (Lipinski definition) is 0. The van der Waals surface area contributed by atoms with Crippen molar-refractivity contribution in [2.75, 3.05) is 14.2 Å². The summed E-state index contributed by atoms with van der Waals surface area (Å²) >= 11 is 0. The highest BCUT2D eigenvalue weighted by molar-refractivity contribution is 5.64. The van der Waals surface area contributed by atoms with Gasteiger partial charge in [-0.1, -0.05) is 35.9 Å². The molecule has 5 nitrogen and oxygen atoms in total. The van der Waals surface area contributed by atoms with E-state index in [1.165, 1.54) is 5.56 Å². The third-order valence-corrected chi connectivity index (χ3v) is 5.04. The fraction of sp³-hybridized carbons (Fsp3) is 0.227. The number of likely N-dealkylation sites (N-methyl/N-ethyl adjacent to an activating group) is 1. The minimum Gasteiger partial charge on any atom is -0.497 e. The second kappa shape index (κ2) is 6.93. The summed E-state index contributed by atoms with van der Waals surface area (Å²) in [5, 5.41) is 1.92. The highest BCUT2D eigenvalue weighted by Gasteiger charge is 2.43. The Labute approximate surface area is 159 Å². The number of imidazole rings is 1. The molecule has 0 N–H and O–H groups in total. The maximum atomic E-state index is 6.21. The highest BCUT2D eigenvalue weighted by Crippen LogP contribution is 2.42. The molecular weight excluding hydrogens is 338 g/mol. The molecule has 1 aliphatic heterocycles. The van der Waals surface area contributed by atoms with Gasteiger partial charge in [0.05, 0.1) is 20.0 Å². The maximum Gasteiger partial charge on any atom is 0.153 e. The number of aromatic nitrogens is 2. The van der Waals surface area contributed by atoms with Crippen LogP contribution in [-0.2, 0) is 16.9 Å². The first-order valence-corrected chi connectivity index (χ1v) is 8.93. The number of rotatable bonds is 5. The van der Waals surface area contributed by atoms with Gasteiger partial charge in [-0.2, -0.15) is 0 Å². The van der Waals surface area contributed by atoms with E-state index in [2.05, 4.69) is 58.9 Å². The number of benzene rings is 2. The molecule has 3 aromatic rings. The molecule has 0 saturated carbocycles. The smallest absolute Gasteiger partial charge is 0.153 e. The van der Waals surface area contributed by atoms with Crippen molar-refractivity contribution in [2.24, 2.45) is 0 Å². The van der Waals surface area contributed by atoms with E-state index in [-0.39, 0.29) is 0 Å². The number of ether oxygens (including phenoxy) is 1. The van der Waals surface area contributed by atoms with Crippen molar-refractivity contribution >= 4 is 5.76 Å². The van der Waals surface area contributed by atoms with Crippen molar-refractivity contribution in [3.63, 3.8) is 0 Å². The highest BCUT2D eigenvalue weighted by atomic mass is 16.7. The first kappa shape index (κ1) is 17.4. The van der Waals surface area contributed by atoms with Crippen molar-refractivity contribution in [3.05, 3.63) is 90.0 Å². The lowest BCUT2D eigenvalue weighted by molar-refractivity contribution is -0.117. The van der Waals surface area contributed by atoms with Crippen LogP contribution in [0, 0.1) is 6.92 Å². The van der Waals surface area contributed by atoms with E-state index in [0.717, 1.165) is 22.6 Å². The predicted octanol–water partition coefficient (Wildman–Crippen LogP) is 4.01. The molecule has 1 unspecified atom stereocenters. The molecule has 0 bridgehead atoms. The fourth-order valence-electron chi connectivity index (χ4n) is 3.54. The van der Waals surface area contributed by atoms with E-state index in [0.29, 0.717) is 6.54 Å². The molecule has 0 radical (unpaired) electrons. The van der Waals surface area contributed by atoms with Gasteiger partial charge in [0.25, 0.3) is 0 Å². The van der Waals surface area contributed by atoms with E-state index >= 15 is 0 Å². The Morgan fingerprint density at radius 2 is 1.96 bits per heavy atom. The van der Waals surface area contributed by atoms with Gasteiger partial charge in [-0.05, 0) is 36.8 Å². The van der Waals surface area contributed by atoms with E-state index in [1.807, 2.05) is 36.8 Å². The third kappa shape index (κ3) is 3.22. The normalized spacial score (nSPS) is 19.6. The van der Waals surface area contributed by atoms with Crippen molar-refractivity contribution in [3.8, 4) is 5.75 Å². The van der Waals surface area contributed by atoms with Crippen LogP contribution in [0.3, 0.4) is 0 Å². The number of aryl methyl sites for hydroxylation is 1. The topological polar surface area (TPSA) is 39.5 Å².